The number of rotatable bonds is 6. The molecule has 1 aliphatic rings. The van der Waals surface area contributed by atoms with Crippen molar-refractivity contribution in [3.05, 3.63) is 35.0 Å². The van der Waals surface area contributed by atoms with Crippen molar-refractivity contribution in [2.75, 3.05) is 18.2 Å². The Morgan fingerprint density at radius 1 is 1.48 bits per heavy atom. The van der Waals surface area contributed by atoms with Gasteiger partial charge in [-0.2, -0.15) is 0 Å². The SMILES string of the molecule is COc1c(NCc2ccncc2)sc(C(=O)C2CC2)c1N. The molecule has 21 heavy (non-hydrogen) atoms. The van der Waals surface area contributed by atoms with Gasteiger partial charge in [-0.1, -0.05) is 0 Å². The average molecular weight is 303 g/mol. The number of nitrogens with zero attached hydrogens (tertiary/aromatic N) is 1. The molecule has 3 N–H and O–H groups in total. The van der Waals surface area contributed by atoms with Gasteiger partial charge in [-0.3, -0.25) is 9.78 Å². The number of nitrogens with two attached hydrogens (primary N) is 1. The minimum absolute atomic E-state index is 0.146. The first-order chi connectivity index (χ1) is 10.2. The molecule has 0 spiro atoms. The summed E-state index contributed by atoms with van der Waals surface area (Å²) in [5.74, 6) is 0.870. The highest BCUT2D eigenvalue weighted by Gasteiger charge is 2.34. The van der Waals surface area contributed by atoms with Crippen molar-refractivity contribution in [3.8, 4) is 5.75 Å². The predicted molar refractivity (Wildman–Crippen MR) is 83.9 cm³/mol. The number of Topliss-reactive ketones (excluding diaryl/α,β-unsaturated/α-hetero) is 1. The Labute approximate surface area is 127 Å². The van der Waals surface area contributed by atoms with Crippen molar-refractivity contribution < 1.29 is 9.53 Å². The molecule has 2 aromatic heterocycles. The lowest BCUT2D eigenvalue weighted by molar-refractivity contribution is 0.0972. The topological polar surface area (TPSA) is 77.2 Å². The zero-order valence-corrected chi connectivity index (χ0v) is 12.6. The molecule has 0 bridgehead atoms. The van der Waals surface area contributed by atoms with Crippen molar-refractivity contribution in [1.29, 1.82) is 0 Å². The molecule has 0 saturated heterocycles. The van der Waals surface area contributed by atoms with Crippen LogP contribution in [0.25, 0.3) is 0 Å². The van der Waals surface area contributed by atoms with Gasteiger partial charge in [0.25, 0.3) is 0 Å². The number of pyridine rings is 1. The molecule has 0 amide bonds. The maximum absolute atomic E-state index is 12.2. The van der Waals surface area contributed by atoms with E-state index in [1.807, 2.05) is 12.1 Å². The van der Waals surface area contributed by atoms with Gasteiger partial charge in [0.1, 0.15) is 5.00 Å². The smallest absolute Gasteiger partial charge is 0.178 e. The molecule has 5 nitrogen and oxygen atoms in total. The molecule has 0 atom stereocenters. The third-order valence-corrected chi connectivity index (χ3v) is 4.64. The largest absolute Gasteiger partial charge is 0.492 e. The third kappa shape index (κ3) is 2.85. The molecule has 1 fully saturated rings. The fourth-order valence-electron chi connectivity index (χ4n) is 2.14. The molecule has 3 rings (SSSR count). The Kier molecular flexibility index (Phi) is 3.79. The second kappa shape index (κ2) is 5.73. The minimum Gasteiger partial charge on any atom is -0.492 e. The van der Waals surface area contributed by atoms with Crippen molar-refractivity contribution in [1.82, 2.24) is 4.98 Å². The summed E-state index contributed by atoms with van der Waals surface area (Å²) in [6, 6.07) is 3.87. The number of hydrogen-bond donors (Lipinski definition) is 2. The van der Waals surface area contributed by atoms with Gasteiger partial charge in [-0.05, 0) is 30.5 Å². The molecule has 2 heterocycles. The maximum Gasteiger partial charge on any atom is 0.178 e. The van der Waals surface area contributed by atoms with E-state index in [-0.39, 0.29) is 11.7 Å². The van der Waals surface area contributed by atoms with E-state index in [0.29, 0.717) is 22.9 Å². The first-order valence-electron chi connectivity index (χ1n) is 6.84. The quantitative estimate of drug-likeness (QED) is 0.802. The normalized spacial score (nSPS) is 14.0. The fourth-order valence-corrected chi connectivity index (χ4v) is 3.25. The van der Waals surface area contributed by atoms with E-state index in [9.17, 15) is 4.79 Å². The molecule has 0 unspecified atom stereocenters. The Balaban J connectivity index is 1.80. The van der Waals surface area contributed by atoms with E-state index >= 15 is 0 Å². The summed E-state index contributed by atoms with van der Waals surface area (Å²) in [5.41, 5.74) is 7.63. The second-order valence-electron chi connectivity index (χ2n) is 5.05. The van der Waals surface area contributed by atoms with E-state index in [4.69, 9.17) is 10.5 Å². The molecule has 6 heteroatoms. The monoisotopic (exact) mass is 303 g/mol. The number of methoxy groups -OCH3 is 1. The van der Waals surface area contributed by atoms with Crippen molar-refractivity contribution in [2.24, 2.45) is 5.92 Å². The van der Waals surface area contributed by atoms with Crippen LogP contribution in [0.2, 0.25) is 0 Å². The van der Waals surface area contributed by atoms with Crippen LogP contribution in [0.4, 0.5) is 10.7 Å². The Morgan fingerprint density at radius 2 is 2.19 bits per heavy atom. The Hall–Kier alpha value is -2.08. The summed E-state index contributed by atoms with van der Waals surface area (Å²) < 4.78 is 5.35. The zero-order valence-electron chi connectivity index (χ0n) is 11.8. The molecule has 0 radical (unpaired) electrons. The van der Waals surface area contributed by atoms with Gasteiger partial charge in [0.2, 0.25) is 0 Å². The van der Waals surface area contributed by atoms with Crippen LogP contribution in [0.15, 0.2) is 24.5 Å². The van der Waals surface area contributed by atoms with Gasteiger partial charge in [0.05, 0.1) is 17.7 Å². The summed E-state index contributed by atoms with van der Waals surface area (Å²) in [4.78, 5) is 16.8. The van der Waals surface area contributed by atoms with E-state index < -0.39 is 0 Å². The van der Waals surface area contributed by atoms with Gasteiger partial charge in [0.15, 0.2) is 11.5 Å². The van der Waals surface area contributed by atoms with Gasteiger partial charge in [0, 0.05) is 24.9 Å². The first kappa shape index (κ1) is 13.9. The predicted octanol–water partition coefficient (Wildman–Crippen LogP) is 2.94. The zero-order chi connectivity index (χ0) is 14.8. The lowest BCUT2D eigenvalue weighted by Crippen LogP contribution is -2.02. The van der Waals surface area contributed by atoms with Crippen molar-refractivity contribution in [3.63, 3.8) is 0 Å². The number of nitrogens with one attached hydrogen (secondary N) is 1. The number of ketones is 1. The minimum atomic E-state index is 0.146. The highest BCUT2D eigenvalue weighted by atomic mass is 32.1. The summed E-state index contributed by atoms with van der Waals surface area (Å²) in [6.45, 7) is 0.635. The van der Waals surface area contributed by atoms with Crippen LogP contribution in [0.1, 0.15) is 28.1 Å². The van der Waals surface area contributed by atoms with Crippen molar-refractivity contribution >= 4 is 27.8 Å². The Morgan fingerprint density at radius 3 is 2.81 bits per heavy atom. The number of ether oxygens (including phenoxy) is 1. The van der Waals surface area contributed by atoms with Gasteiger partial charge < -0.3 is 15.8 Å². The number of hydrogen-bond acceptors (Lipinski definition) is 6. The summed E-state index contributed by atoms with van der Waals surface area (Å²) in [7, 11) is 1.57. The molecule has 110 valence electrons. The third-order valence-electron chi connectivity index (χ3n) is 3.48. The number of carbonyl (C=O) groups is 1. The van der Waals surface area contributed by atoms with Crippen molar-refractivity contribution in [2.45, 2.75) is 19.4 Å². The van der Waals surface area contributed by atoms with Gasteiger partial charge in [-0.25, -0.2) is 0 Å². The van der Waals surface area contributed by atoms with Crippen LogP contribution >= 0.6 is 11.3 Å². The number of aromatic nitrogens is 1. The van der Waals surface area contributed by atoms with E-state index in [1.54, 1.807) is 19.5 Å². The highest BCUT2D eigenvalue weighted by Crippen LogP contribution is 2.46. The van der Waals surface area contributed by atoms with Crippen LogP contribution in [0.3, 0.4) is 0 Å². The van der Waals surface area contributed by atoms with E-state index in [2.05, 4.69) is 10.3 Å². The lowest BCUT2D eigenvalue weighted by Gasteiger charge is -2.06. The summed E-state index contributed by atoms with van der Waals surface area (Å²) >= 11 is 1.38. The summed E-state index contributed by atoms with van der Waals surface area (Å²) in [6.07, 6.45) is 5.44. The molecule has 2 aromatic rings. The first-order valence-corrected chi connectivity index (χ1v) is 7.65. The second-order valence-corrected chi connectivity index (χ2v) is 6.08. The standard InChI is InChI=1S/C15H17N3O2S/c1-20-13-11(16)14(12(19)10-2-3-10)21-15(13)18-8-9-4-6-17-7-5-9/h4-7,10,18H,2-3,8,16H2,1H3. The number of carbonyl (C=O) groups excluding carboxylic acids is 1. The molecular weight excluding hydrogens is 286 g/mol. The lowest BCUT2D eigenvalue weighted by atomic mass is 10.2. The molecule has 1 saturated carbocycles. The molecular formula is C15H17N3O2S. The van der Waals surface area contributed by atoms with Gasteiger partial charge >= 0.3 is 0 Å². The number of thiophene rings is 1. The van der Waals surface area contributed by atoms with Gasteiger partial charge in [-0.15, -0.1) is 11.3 Å². The maximum atomic E-state index is 12.2. The van der Waals surface area contributed by atoms with Crippen LogP contribution < -0.4 is 15.8 Å². The molecule has 0 aliphatic heterocycles. The summed E-state index contributed by atoms with van der Waals surface area (Å²) in [5, 5.41) is 4.09. The molecule has 1 aliphatic carbocycles. The van der Waals surface area contributed by atoms with E-state index in [1.165, 1.54) is 11.3 Å². The Bertz CT molecular complexity index is 650. The van der Waals surface area contributed by atoms with Crippen LogP contribution in [0, 0.1) is 5.92 Å². The van der Waals surface area contributed by atoms with Crippen LogP contribution in [0.5, 0.6) is 5.75 Å². The van der Waals surface area contributed by atoms with Crippen LogP contribution in [-0.4, -0.2) is 17.9 Å². The van der Waals surface area contributed by atoms with Crippen LogP contribution in [-0.2, 0) is 6.54 Å². The number of anilines is 2. The number of nitrogen functional groups attached to an aromatic ring is 1. The van der Waals surface area contributed by atoms with E-state index in [0.717, 1.165) is 23.4 Å². The fraction of sp³-hybridized carbons (Fsp3) is 0.333. The molecule has 0 aromatic carbocycles. The highest BCUT2D eigenvalue weighted by molar-refractivity contribution is 7.19. The average Bonchev–Trinajstić information content (AvgIpc) is 3.30.